The topological polar surface area (TPSA) is 13.1 Å². The van der Waals surface area contributed by atoms with Gasteiger partial charge in [-0.05, 0) is 24.6 Å². The standard InChI is InChI=1S/C9H11BrO/c1-2-8(7-10)6-9-4-3-5-11-9/h3-6H,2,7H2,1H3. The van der Waals surface area contributed by atoms with Crippen LogP contribution in [0, 0.1) is 0 Å². The molecule has 1 rings (SSSR count). The van der Waals surface area contributed by atoms with Gasteiger partial charge in [0.15, 0.2) is 0 Å². The molecular weight excluding hydrogens is 204 g/mol. The molecule has 0 bridgehead atoms. The Labute approximate surface area is 75.2 Å². The molecule has 0 fully saturated rings. The highest BCUT2D eigenvalue weighted by Gasteiger charge is 1.93. The van der Waals surface area contributed by atoms with Gasteiger partial charge in [-0.2, -0.15) is 0 Å². The van der Waals surface area contributed by atoms with Crippen molar-refractivity contribution >= 4 is 22.0 Å². The summed E-state index contributed by atoms with van der Waals surface area (Å²) < 4.78 is 5.17. The van der Waals surface area contributed by atoms with Gasteiger partial charge >= 0.3 is 0 Å². The molecule has 1 heterocycles. The highest BCUT2D eigenvalue weighted by atomic mass is 79.9. The maximum atomic E-state index is 5.17. The van der Waals surface area contributed by atoms with Crippen LogP contribution in [0.25, 0.3) is 6.08 Å². The molecule has 1 aromatic rings. The number of halogens is 1. The molecule has 0 aliphatic carbocycles. The molecule has 60 valence electrons. The average molecular weight is 215 g/mol. The largest absolute Gasteiger partial charge is 0.465 e. The number of furan rings is 1. The third-order valence-corrected chi connectivity index (χ3v) is 2.24. The fourth-order valence-corrected chi connectivity index (χ4v) is 1.37. The summed E-state index contributed by atoms with van der Waals surface area (Å²) in [6.45, 7) is 2.13. The van der Waals surface area contributed by atoms with Gasteiger partial charge in [-0.1, -0.05) is 28.4 Å². The van der Waals surface area contributed by atoms with E-state index in [2.05, 4.69) is 28.9 Å². The number of rotatable bonds is 3. The van der Waals surface area contributed by atoms with E-state index in [4.69, 9.17) is 4.42 Å². The lowest BCUT2D eigenvalue weighted by Crippen LogP contribution is -1.79. The average Bonchev–Trinajstić information content (AvgIpc) is 2.52. The number of hydrogen-bond donors (Lipinski definition) is 0. The summed E-state index contributed by atoms with van der Waals surface area (Å²) >= 11 is 3.41. The van der Waals surface area contributed by atoms with Gasteiger partial charge in [-0.3, -0.25) is 0 Å². The number of allylic oxidation sites excluding steroid dienone is 1. The summed E-state index contributed by atoms with van der Waals surface area (Å²) in [6.07, 6.45) is 4.81. The lowest BCUT2D eigenvalue weighted by Gasteiger charge is -1.95. The zero-order valence-electron chi connectivity index (χ0n) is 6.51. The predicted molar refractivity (Wildman–Crippen MR) is 50.8 cm³/mol. The Balaban J connectivity index is 2.71. The third-order valence-electron chi connectivity index (χ3n) is 1.52. The van der Waals surface area contributed by atoms with Gasteiger partial charge < -0.3 is 4.42 Å². The second-order valence-corrected chi connectivity index (χ2v) is 2.87. The Hall–Kier alpha value is -0.500. The summed E-state index contributed by atoms with van der Waals surface area (Å²) in [5.41, 5.74) is 1.35. The summed E-state index contributed by atoms with van der Waals surface area (Å²) in [5.74, 6) is 0.932. The Kier molecular flexibility index (Phi) is 3.43. The smallest absolute Gasteiger partial charge is 0.126 e. The molecule has 0 radical (unpaired) electrons. The monoisotopic (exact) mass is 214 g/mol. The van der Waals surface area contributed by atoms with E-state index in [1.807, 2.05) is 12.1 Å². The minimum absolute atomic E-state index is 0.921. The van der Waals surface area contributed by atoms with E-state index < -0.39 is 0 Å². The van der Waals surface area contributed by atoms with Crippen molar-refractivity contribution in [1.29, 1.82) is 0 Å². The summed E-state index contributed by atoms with van der Waals surface area (Å²) in [4.78, 5) is 0. The summed E-state index contributed by atoms with van der Waals surface area (Å²) in [7, 11) is 0. The van der Waals surface area contributed by atoms with E-state index in [9.17, 15) is 0 Å². The molecule has 11 heavy (non-hydrogen) atoms. The molecule has 1 aromatic heterocycles. The first-order valence-corrected chi connectivity index (χ1v) is 4.78. The molecule has 0 aliphatic heterocycles. The molecule has 1 nitrogen and oxygen atoms in total. The van der Waals surface area contributed by atoms with Crippen LogP contribution in [0.3, 0.4) is 0 Å². The van der Waals surface area contributed by atoms with Crippen molar-refractivity contribution in [2.75, 3.05) is 5.33 Å². The van der Waals surface area contributed by atoms with E-state index in [1.165, 1.54) is 5.57 Å². The Morgan fingerprint density at radius 2 is 2.55 bits per heavy atom. The van der Waals surface area contributed by atoms with Crippen LogP contribution in [0.2, 0.25) is 0 Å². The van der Waals surface area contributed by atoms with Crippen LogP contribution in [0.1, 0.15) is 19.1 Å². The van der Waals surface area contributed by atoms with Crippen molar-refractivity contribution < 1.29 is 4.42 Å². The minimum Gasteiger partial charge on any atom is -0.465 e. The molecule has 0 saturated carbocycles. The van der Waals surface area contributed by atoms with Crippen molar-refractivity contribution in [3.05, 3.63) is 29.7 Å². The third kappa shape index (κ3) is 2.54. The fourth-order valence-electron chi connectivity index (χ4n) is 0.810. The molecule has 0 atom stereocenters. The van der Waals surface area contributed by atoms with Crippen LogP contribution in [-0.4, -0.2) is 5.33 Å². The van der Waals surface area contributed by atoms with Crippen LogP contribution < -0.4 is 0 Å². The van der Waals surface area contributed by atoms with Gasteiger partial charge in [0.05, 0.1) is 6.26 Å². The molecular formula is C9H11BrO. The Morgan fingerprint density at radius 3 is 3.00 bits per heavy atom. The SMILES string of the molecule is CCC(=Cc1ccco1)CBr. The van der Waals surface area contributed by atoms with Gasteiger partial charge in [-0.25, -0.2) is 0 Å². The first-order valence-electron chi connectivity index (χ1n) is 3.65. The van der Waals surface area contributed by atoms with Gasteiger partial charge in [0.25, 0.3) is 0 Å². The van der Waals surface area contributed by atoms with Crippen LogP contribution in [0.5, 0.6) is 0 Å². The number of hydrogen-bond acceptors (Lipinski definition) is 1. The molecule has 0 amide bonds. The number of alkyl halides is 1. The van der Waals surface area contributed by atoms with E-state index in [-0.39, 0.29) is 0 Å². The highest BCUT2D eigenvalue weighted by molar-refractivity contribution is 9.09. The zero-order chi connectivity index (χ0) is 8.10. The maximum Gasteiger partial charge on any atom is 0.126 e. The Morgan fingerprint density at radius 1 is 1.73 bits per heavy atom. The van der Waals surface area contributed by atoms with E-state index in [0.717, 1.165) is 17.5 Å². The quantitative estimate of drug-likeness (QED) is 0.703. The predicted octanol–water partition coefficient (Wildman–Crippen LogP) is 3.47. The second-order valence-electron chi connectivity index (χ2n) is 2.31. The Bertz CT molecular complexity index is 218. The van der Waals surface area contributed by atoms with E-state index >= 15 is 0 Å². The van der Waals surface area contributed by atoms with Gasteiger partial charge in [0, 0.05) is 5.33 Å². The van der Waals surface area contributed by atoms with Crippen molar-refractivity contribution in [2.24, 2.45) is 0 Å². The van der Waals surface area contributed by atoms with Crippen LogP contribution >= 0.6 is 15.9 Å². The maximum absolute atomic E-state index is 5.17. The van der Waals surface area contributed by atoms with Gasteiger partial charge in [0.1, 0.15) is 5.76 Å². The van der Waals surface area contributed by atoms with Crippen LogP contribution in [0.4, 0.5) is 0 Å². The highest BCUT2D eigenvalue weighted by Crippen LogP contribution is 2.11. The van der Waals surface area contributed by atoms with Crippen molar-refractivity contribution in [3.63, 3.8) is 0 Å². The normalized spacial score (nSPS) is 12.0. The minimum atomic E-state index is 0.921. The molecule has 2 heteroatoms. The van der Waals surface area contributed by atoms with Crippen LogP contribution in [-0.2, 0) is 0 Å². The molecule has 0 saturated heterocycles. The van der Waals surface area contributed by atoms with Crippen molar-refractivity contribution in [3.8, 4) is 0 Å². The lowest BCUT2D eigenvalue weighted by atomic mass is 10.2. The molecule has 0 spiro atoms. The lowest BCUT2D eigenvalue weighted by molar-refractivity contribution is 0.556. The fraction of sp³-hybridized carbons (Fsp3) is 0.333. The molecule has 0 aliphatic rings. The van der Waals surface area contributed by atoms with Crippen LogP contribution in [0.15, 0.2) is 28.4 Å². The van der Waals surface area contributed by atoms with Crippen molar-refractivity contribution in [1.82, 2.24) is 0 Å². The van der Waals surface area contributed by atoms with Gasteiger partial charge in [-0.15, -0.1) is 0 Å². The molecule has 0 unspecified atom stereocenters. The molecule has 0 aromatic carbocycles. The second kappa shape index (κ2) is 4.39. The molecule has 0 N–H and O–H groups in total. The zero-order valence-corrected chi connectivity index (χ0v) is 8.10. The summed E-state index contributed by atoms with van der Waals surface area (Å²) in [6, 6.07) is 3.85. The van der Waals surface area contributed by atoms with Crippen molar-refractivity contribution in [2.45, 2.75) is 13.3 Å². The van der Waals surface area contributed by atoms with E-state index in [1.54, 1.807) is 6.26 Å². The summed E-state index contributed by atoms with van der Waals surface area (Å²) in [5, 5.41) is 0.921. The van der Waals surface area contributed by atoms with E-state index in [0.29, 0.717) is 0 Å². The first kappa shape index (κ1) is 8.60. The first-order chi connectivity index (χ1) is 5.36. The van der Waals surface area contributed by atoms with Gasteiger partial charge in [0.2, 0.25) is 0 Å².